The first kappa shape index (κ1) is 9.34. The fourth-order valence-electron chi connectivity index (χ4n) is 2.66. The highest BCUT2D eigenvalue weighted by Crippen LogP contribution is 2.44. The van der Waals surface area contributed by atoms with Crippen molar-refractivity contribution in [2.45, 2.75) is 43.3 Å². The molecule has 0 amide bonds. The molecule has 1 N–H and O–H groups in total. The molecule has 13 heavy (non-hydrogen) atoms. The van der Waals surface area contributed by atoms with Crippen molar-refractivity contribution >= 4 is 0 Å². The lowest BCUT2D eigenvalue weighted by molar-refractivity contribution is -0.0363. The lowest BCUT2D eigenvalue weighted by Crippen LogP contribution is -2.49. The summed E-state index contributed by atoms with van der Waals surface area (Å²) in [4.78, 5) is 1.86. The van der Waals surface area contributed by atoms with E-state index in [4.69, 9.17) is 0 Å². The van der Waals surface area contributed by atoms with Crippen LogP contribution in [-0.4, -0.2) is 43.0 Å². The van der Waals surface area contributed by atoms with E-state index in [0.717, 1.165) is 6.42 Å². The van der Waals surface area contributed by atoms with Crippen molar-refractivity contribution < 1.29 is 8.78 Å². The molecular weight excluding hydrogens is 174 g/mol. The van der Waals surface area contributed by atoms with Crippen LogP contribution in [0.1, 0.15) is 19.3 Å². The monoisotopic (exact) mass is 190 g/mol. The first-order chi connectivity index (χ1) is 6.04. The molecule has 2 fully saturated rings. The third-order valence-corrected chi connectivity index (χ3v) is 3.54. The maximum absolute atomic E-state index is 13.4. The molecule has 3 unspecified atom stereocenters. The van der Waals surface area contributed by atoms with Crippen LogP contribution in [0.2, 0.25) is 0 Å². The van der Waals surface area contributed by atoms with E-state index in [2.05, 4.69) is 5.32 Å². The van der Waals surface area contributed by atoms with Crippen LogP contribution in [0.5, 0.6) is 0 Å². The first-order valence-electron chi connectivity index (χ1n) is 4.81. The molecule has 2 aliphatic rings. The number of fused-ring (bicyclic) bond motifs is 2. The summed E-state index contributed by atoms with van der Waals surface area (Å²) in [5.74, 6) is -2.47. The molecule has 3 atom stereocenters. The second-order valence-electron chi connectivity index (χ2n) is 4.26. The number of hydrogen-bond acceptors (Lipinski definition) is 2. The van der Waals surface area contributed by atoms with Gasteiger partial charge in [0.1, 0.15) is 0 Å². The van der Waals surface area contributed by atoms with E-state index in [0.29, 0.717) is 6.42 Å². The van der Waals surface area contributed by atoms with Gasteiger partial charge >= 0.3 is 0 Å². The molecule has 2 aliphatic heterocycles. The minimum absolute atomic E-state index is 0.0480. The molecule has 0 aromatic rings. The van der Waals surface area contributed by atoms with Crippen molar-refractivity contribution in [3.63, 3.8) is 0 Å². The smallest absolute Gasteiger partial charge is 0.264 e. The van der Waals surface area contributed by atoms with Crippen LogP contribution in [-0.2, 0) is 0 Å². The zero-order valence-corrected chi connectivity index (χ0v) is 8.06. The second kappa shape index (κ2) is 2.89. The maximum Gasteiger partial charge on any atom is 0.264 e. The summed E-state index contributed by atoms with van der Waals surface area (Å²) in [5.41, 5.74) is 0. The summed E-state index contributed by atoms with van der Waals surface area (Å²) >= 11 is 0. The van der Waals surface area contributed by atoms with Gasteiger partial charge in [-0.3, -0.25) is 4.90 Å². The fourth-order valence-corrected chi connectivity index (χ4v) is 2.66. The number of nitrogens with zero attached hydrogens (tertiary/aromatic N) is 1. The van der Waals surface area contributed by atoms with E-state index < -0.39 is 12.0 Å². The Hall–Kier alpha value is -0.220. The van der Waals surface area contributed by atoms with Crippen molar-refractivity contribution in [3.05, 3.63) is 0 Å². The maximum atomic E-state index is 13.4. The van der Waals surface area contributed by atoms with Crippen LogP contribution in [0.4, 0.5) is 8.78 Å². The minimum atomic E-state index is -2.47. The zero-order chi connectivity index (χ0) is 9.64. The SMILES string of the molecule is CNC1CC2CC(F)(F)C(C1)N2C. The number of piperidine rings is 1. The highest BCUT2D eigenvalue weighted by Gasteiger charge is 2.55. The molecule has 0 aromatic carbocycles. The second-order valence-corrected chi connectivity index (χ2v) is 4.26. The Morgan fingerprint density at radius 3 is 2.62 bits per heavy atom. The molecule has 0 radical (unpaired) electrons. The molecule has 0 saturated carbocycles. The van der Waals surface area contributed by atoms with Gasteiger partial charge in [-0.25, -0.2) is 8.78 Å². The number of rotatable bonds is 1. The highest BCUT2D eigenvalue weighted by molar-refractivity contribution is 5.04. The Morgan fingerprint density at radius 2 is 2.08 bits per heavy atom. The van der Waals surface area contributed by atoms with E-state index in [1.807, 2.05) is 19.0 Å². The number of alkyl halides is 2. The predicted octanol–water partition coefficient (Wildman–Crippen LogP) is 1.08. The van der Waals surface area contributed by atoms with E-state index in [1.54, 1.807) is 0 Å². The molecular formula is C9H16F2N2. The van der Waals surface area contributed by atoms with E-state index >= 15 is 0 Å². The molecule has 76 valence electrons. The lowest BCUT2D eigenvalue weighted by atomic mass is 9.98. The third-order valence-electron chi connectivity index (χ3n) is 3.54. The van der Waals surface area contributed by atoms with Crippen LogP contribution in [0.3, 0.4) is 0 Å². The fraction of sp³-hybridized carbons (Fsp3) is 1.00. The van der Waals surface area contributed by atoms with E-state index in [9.17, 15) is 8.78 Å². The van der Waals surface area contributed by atoms with Gasteiger partial charge in [-0.05, 0) is 26.9 Å². The van der Waals surface area contributed by atoms with Crippen LogP contribution in [0, 0.1) is 0 Å². The van der Waals surface area contributed by atoms with Gasteiger partial charge in [-0.1, -0.05) is 0 Å². The molecule has 2 bridgehead atoms. The van der Waals surface area contributed by atoms with Gasteiger partial charge < -0.3 is 5.32 Å². The average Bonchev–Trinajstić information content (AvgIpc) is 2.21. The number of nitrogens with one attached hydrogen (secondary N) is 1. The predicted molar refractivity (Wildman–Crippen MR) is 47.0 cm³/mol. The molecule has 0 aliphatic carbocycles. The Bertz CT molecular complexity index is 208. The van der Waals surface area contributed by atoms with Crippen LogP contribution < -0.4 is 5.32 Å². The van der Waals surface area contributed by atoms with Gasteiger partial charge in [0.25, 0.3) is 5.92 Å². The van der Waals surface area contributed by atoms with Crippen LogP contribution in [0.25, 0.3) is 0 Å². The van der Waals surface area contributed by atoms with Crippen molar-refractivity contribution in [1.29, 1.82) is 0 Å². The largest absolute Gasteiger partial charge is 0.317 e. The highest BCUT2D eigenvalue weighted by atomic mass is 19.3. The van der Waals surface area contributed by atoms with Gasteiger partial charge in [0, 0.05) is 18.5 Å². The third kappa shape index (κ3) is 1.36. The summed E-state index contributed by atoms with van der Waals surface area (Å²) in [6, 6.07) is -0.186. The zero-order valence-electron chi connectivity index (χ0n) is 8.06. The van der Waals surface area contributed by atoms with Crippen molar-refractivity contribution in [2.75, 3.05) is 14.1 Å². The van der Waals surface area contributed by atoms with Gasteiger partial charge in [0.15, 0.2) is 0 Å². The first-order valence-corrected chi connectivity index (χ1v) is 4.81. The van der Waals surface area contributed by atoms with Crippen molar-refractivity contribution in [2.24, 2.45) is 0 Å². The average molecular weight is 190 g/mol. The lowest BCUT2D eigenvalue weighted by Gasteiger charge is -2.36. The molecule has 0 spiro atoms. The van der Waals surface area contributed by atoms with E-state index in [1.165, 1.54) is 0 Å². The summed E-state index contributed by atoms with van der Waals surface area (Å²) in [6.07, 6.45) is 1.49. The van der Waals surface area contributed by atoms with Gasteiger partial charge in [0.05, 0.1) is 6.04 Å². The minimum Gasteiger partial charge on any atom is -0.317 e. The van der Waals surface area contributed by atoms with Crippen molar-refractivity contribution in [1.82, 2.24) is 10.2 Å². The standard InChI is InChI=1S/C9H16F2N2/c1-12-6-3-7-5-9(10,11)8(4-6)13(7)2/h6-8,12H,3-5H2,1-2H3. The summed E-state index contributed by atoms with van der Waals surface area (Å²) in [5, 5.41) is 3.10. The Kier molecular flexibility index (Phi) is 2.07. The van der Waals surface area contributed by atoms with Gasteiger partial charge in [-0.15, -0.1) is 0 Å². The van der Waals surface area contributed by atoms with Gasteiger partial charge in [-0.2, -0.15) is 0 Å². The quantitative estimate of drug-likeness (QED) is 0.665. The molecule has 4 heteroatoms. The normalized spacial score (nSPS) is 43.8. The molecule has 2 rings (SSSR count). The van der Waals surface area contributed by atoms with E-state index in [-0.39, 0.29) is 18.5 Å². The topological polar surface area (TPSA) is 15.3 Å². The Morgan fingerprint density at radius 1 is 1.38 bits per heavy atom. The summed E-state index contributed by atoms with van der Waals surface area (Å²) < 4.78 is 26.8. The molecule has 2 heterocycles. The Labute approximate surface area is 77.3 Å². The molecule has 0 aromatic heterocycles. The Balaban J connectivity index is 2.16. The molecule has 2 nitrogen and oxygen atoms in total. The summed E-state index contributed by atoms with van der Waals surface area (Å²) in [6.45, 7) is 0. The van der Waals surface area contributed by atoms with Gasteiger partial charge in [0.2, 0.25) is 0 Å². The summed E-state index contributed by atoms with van der Waals surface area (Å²) in [7, 11) is 3.68. The molecule has 2 saturated heterocycles. The number of halogens is 2. The van der Waals surface area contributed by atoms with Crippen LogP contribution in [0.15, 0.2) is 0 Å². The van der Waals surface area contributed by atoms with Crippen molar-refractivity contribution in [3.8, 4) is 0 Å². The van der Waals surface area contributed by atoms with Crippen LogP contribution >= 0.6 is 0 Å². The number of hydrogen-bond donors (Lipinski definition) is 1.